The molecular formula is C40H45FN4O6. The summed E-state index contributed by atoms with van der Waals surface area (Å²) < 4.78 is 35.0. The number of halogens is 1. The fourth-order valence-electron chi connectivity index (χ4n) is 8.03. The maximum absolute atomic E-state index is 16.1. The molecule has 4 aromatic rings. The number of hydrogen-bond acceptors (Lipinski definition) is 8. The predicted molar refractivity (Wildman–Crippen MR) is 192 cm³/mol. The lowest BCUT2D eigenvalue weighted by atomic mass is 9.81. The van der Waals surface area contributed by atoms with Crippen molar-refractivity contribution in [2.24, 2.45) is 0 Å². The van der Waals surface area contributed by atoms with Gasteiger partial charge < -0.3 is 34.2 Å². The maximum Gasteiger partial charge on any atom is 0.407 e. The van der Waals surface area contributed by atoms with Crippen molar-refractivity contribution in [3.63, 3.8) is 0 Å². The minimum atomic E-state index is -0.901. The largest absolute Gasteiger partial charge is 0.505 e. The van der Waals surface area contributed by atoms with E-state index in [-0.39, 0.29) is 42.5 Å². The number of phenols is 1. The number of rotatable bonds is 8. The highest BCUT2D eigenvalue weighted by atomic mass is 19.1. The van der Waals surface area contributed by atoms with Crippen LogP contribution in [0.15, 0.2) is 42.5 Å². The van der Waals surface area contributed by atoms with Gasteiger partial charge in [0.25, 0.3) is 0 Å². The van der Waals surface area contributed by atoms with E-state index in [1.807, 2.05) is 57.2 Å². The van der Waals surface area contributed by atoms with Crippen LogP contribution in [0.2, 0.25) is 0 Å². The molecule has 0 spiro atoms. The second kappa shape index (κ2) is 12.8. The molecule has 51 heavy (non-hydrogen) atoms. The summed E-state index contributed by atoms with van der Waals surface area (Å²) in [6, 6.07) is 14.0. The minimum absolute atomic E-state index is 0.0411. The molecule has 1 aromatic heterocycles. The third-order valence-corrected chi connectivity index (χ3v) is 10.9. The molecule has 4 heterocycles. The van der Waals surface area contributed by atoms with Gasteiger partial charge in [-0.15, -0.1) is 0 Å². The fourth-order valence-corrected chi connectivity index (χ4v) is 8.03. The van der Waals surface area contributed by atoms with Crippen LogP contribution in [-0.4, -0.2) is 75.7 Å². The van der Waals surface area contributed by atoms with Crippen LogP contribution in [0.4, 0.5) is 15.0 Å². The van der Waals surface area contributed by atoms with Gasteiger partial charge in [-0.3, -0.25) is 0 Å². The number of carboxylic acid groups (broad SMARTS) is 1. The number of nitrogens with zero attached hydrogens (tertiary/aromatic N) is 4. The van der Waals surface area contributed by atoms with Gasteiger partial charge in [-0.1, -0.05) is 51.1 Å². The number of benzene rings is 3. The average molecular weight is 697 g/mol. The van der Waals surface area contributed by atoms with Crippen molar-refractivity contribution in [2.75, 3.05) is 31.2 Å². The standard InChI is InChI=1S/C40H45FN4O6/c1-22-28(18-31(40(2,3)4)35(46)33(22)41)32-29(24-10-11-24)17-30-34(36(32)50-21-23-8-6-5-7-9-23)42-38(51-27-12-14-49-15-13-27)43-37(30)44-19-26-16-25(44)20-45(26)39(47)48/h5-9,17-18,24-27,46H,10-16,19-21H2,1-4H3,(H,47,48)/t25-,26-/m0/s1. The number of carbonyl (C=O) groups is 1. The number of amides is 1. The highest BCUT2D eigenvalue weighted by molar-refractivity contribution is 6.01. The summed E-state index contributed by atoms with van der Waals surface area (Å²) in [6.07, 6.45) is 3.08. The highest BCUT2D eigenvalue weighted by Crippen LogP contribution is 2.53. The average Bonchev–Trinajstić information content (AvgIpc) is 3.76. The Kier molecular flexibility index (Phi) is 8.44. The van der Waals surface area contributed by atoms with Gasteiger partial charge in [-0.25, -0.2) is 9.18 Å². The minimum Gasteiger partial charge on any atom is -0.505 e. The number of ether oxygens (including phenoxy) is 3. The third-order valence-electron chi connectivity index (χ3n) is 10.9. The molecule has 4 fully saturated rings. The van der Waals surface area contributed by atoms with Crippen molar-refractivity contribution in [1.29, 1.82) is 0 Å². The lowest BCUT2D eigenvalue weighted by Gasteiger charge is -2.34. The van der Waals surface area contributed by atoms with E-state index in [4.69, 9.17) is 24.2 Å². The van der Waals surface area contributed by atoms with Crippen molar-refractivity contribution in [1.82, 2.24) is 14.9 Å². The Morgan fingerprint density at radius 1 is 1.04 bits per heavy atom. The van der Waals surface area contributed by atoms with Gasteiger partial charge in [0.1, 0.15) is 24.0 Å². The Morgan fingerprint density at radius 2 is 1.78 bits per heavy atom. The molecule has 1 amide bonds. The van der Waals surface area contributed by atoms with Crippen LogP contribution in [0, 0.1) is 12.7 Å². The summed E-state index contributed by atoms with van der Waals surface area (Å²) >= 11 is 0. The molecule has 2 bridgehead atoms. The molecule has 0 unspecified atom stereocenters. The van der Waals surface area contributed by atoms with Crippen molar-refractivity contribution in [2.45, 2.75) is 95.9 Å². The van der Waals surface area contributed by atoms with Crippen molar-refractivity contribution in [3.8, 4) is 28.6 Å². The van der Waals surface area contributed by atoms with E-state index in [2.05, 4.69) is 11.0 Å². The van der Waals surface area contributed by atoms with E-state index in [9.17, 15) is 15.0 Å². The number of anilines is 1. The van der Waals surface area contributed by atoms with E-state index in [1.165, 1.54) is 4.90 Å². The molecule has 8 rings (SSSR count). The number of hydrogen-bond donors (Lipinski definition) is 2. The van der Waals surface area contributed by atoms with E-state index in [0.29, 0.717) is 72.9 Å². The Hall–Kier alpha value is -4.64. The number of piperazine rings is 1. The number of phenolic OH excluding ortho intramolecular Hbond substituents is 1. The first-order valence-corrected chi connectivity index (χ1v) is 18.1. The number of aromatic nitrogens is 2. The van der Waals surface area contributed by atoms with E-state index in [1.54, 1.807) is 6.92 Å². The Labute approximate surface area is 297 Å². The molecule has 4 aliphatic rings. The van der Waals surface area contributed by atoms with Crippen LogP contribution in [0.1, 0.15) is 81.0 Å². The van der Waals surface area contributed by atoms with Gasteiger partial charge in [0.15, 0.2) is 17.3 Å². The summed E-state index contributed by atoms with van der Waals surface area (Å²) in [5.74, 6) is 0.461. The van der Waals surface area contributed by atoms with Gasteiger partial charge in [0.05, 0.1) is 25.3 Å². The van der Waals surface area contributed by atoms with Crippen molar-refractivity contribution < 1.29 is 33.6 Å². The quantitative estimate of drug-likeness (QED) is 0.191. The number of likely N-dealkylation sites (tertiary alicyclic amines) is 1. The first kappa shape index (κ1) is 33.5. The molecule has 1 aliphatic carbocycles. The zero-order valence-corrected chi connectivity index (χ0v) is 29.6. The highest BCUT2D eigenvalue weighted by Gasteiger charge is 2.47. The maximum atomic E-state index is 16.1. The van der Waals surface area contributed by atoms with Crippen LogP contribution in [-0.2, 0) is 16.8 Å². The lowest BCUT2D eigenvalue weighted by Crippen LogP contribution is -2.48. The first-order chi connectivity index (χ1) is 24.5. The first-order valence-electron chi connectivity index (χ1n) is 18.1. The summed E-state index contributed by atoms with van der Waals surface area (Å²) in [5, 5.41) is 21.7. The van der Waals surface area contributed by atoms with Crippen LogP contribution in [0.3, 0.4) is 0 Å². The molecule has 3 aliphatic heterocycles. The summed E-state index contributed by atoms with van der Waals surface area (Å²) in [5.41, 5.74) is 4.29. The Bertz CT molecular complexity index is 1990. The molecule has 0 radical (unpaired) electrons. The molecule has 3 saturated heterocycles. The molecule has 2 atom stereocenters. The zero-order chi connectivity index (χ0) is 35.6. The molecule has 268 valence electrons. The van der Waals surface area contributed by atoms with Crippen molar-refractivity contribution in [3.05, 3.63) is 70.5 Å². The molecular weight excluding hydrogens is 651 g/mol. The van der Waals surface area contributed by atoms with E-state index >= 15 is 4.39 Å². The monoisotopic (exact) mass is 696 g/mol. The van der Waals surface area contributed by atoms with Crippen molar-refractivity contribution >= 4 is 22.8 Å². The Balaban J connectivity index is 1.38. The number of aromatic hydroxyl groups is 1. The van der Waals surface area contributed by atoms with Crippen LogP contribution >= 0.6 is 0 Å². The fraction of sp³-hybridized carbons (Fsp3) is 0.475. The summed E-state index contributed by atoms with van der Waals surface area (Å²) in [4.78, 5) is 25.9. The molecule has 3 aromatic carbocycles. The SMILES string of the molecule is Cc1c(-c2c(C3CC3)cc3c(N4C[C@@H]5C[C@H]4CN5C(=O)O)nc(OC4CCOCC4)nc3c2OCc2ccccc2)cc(C(C)(C)C)c(O)c1F. The third kappa shape index (κ3) is 6.19. The molecule has 11 heteroatoms. The molecule has 10 nitrogen and oxygen atoms in total. The molecule has 1 saturated carbocycles. The van der Waals surface area contributed by atoms with Gasteiger partial charge in [0, 0.05) is 42.4 Å². The van der Waals surface area contributed by atoms with Gasteiger partial charge in [-0.2, -0.15) is 9.97 Å². The summed E-state index contributed by atoms with van der Waals surface area (Å²) in [6.45, 7) is 9.94. The summed E-state index contributed by atoms with van der Waals surface area (Å²) in [7, 11) is 0. The second-order valence-electron chi connectivity index (χ2n) is 15.5. The lowest BCUT2D eigenvalue weighted by molar-refractivity contribution is 0.0219. The van der Waals surface area contributed by atoms with E-state index in [0.717, 1.165) is 41.3 Å². The normalized spacial score (nSPS) is 20.7. The Morgan fingerprint density at radius 3 is 2.43 bits per heavy atom. The zero-order valence-electron chi connectivity index (χ0n) is 29.6. The smallest absolute Gasteiger partial charge is 0.407 e. The van der Waals surface area contributed by atoms with Gasteiger partial charge in [-0.05, 0) is 71.9 Å². The van der Waals surface area contributed by atoms with Gasteiger partial charge in [0.2, 0.25) is 0 Å². The second-order valence-corrected chi connectivity index (χ2v) is 15.5. The van der Waals surface area contributed by atoms with Crippen LogP contribution in [0.5, 0.6) is 17.5 Å². The van der Waals surface area contributed by atoms with Crippen LogP contribution in [0.25, 0.3) is 22.0 Å². The predicted octanol–water partition coefficient (Wildman–Crippen LogP) is 7.70. The van der Waals surface area contributed by atoms with Gasteiger partial charge >= 0.3 is 12.1 Å². The topological polar surface area (TPSA) is 117 Å². The molecule has 2 N–H and O–H groups in total. The number of fused-ring (bicyclic) bond motifs is 3. The van der Waals surface area contributed by atoms with Crippen LogP contribution < -0.4 is 14.4 Å². The van der Waals surface area contributed by atoms with E-state index < -0.39 is 17.3 Å².